The van der Waals surface area contributed by atoms with E-state index in [2.05, 4.69) is 43.4 Å². The highest BCUT2D eigenvalue weighted by Gasteiger charge is 2.15. The van der Waals surface area contributed by atoms with Crippen molar-refractivity contribution in [3.8, 4) is 0 Å². The first-order valence-electron chi connectivity index (χ1n) is 8.24. The third-order valence-electron chi connectivity index (χ3n) is 4.22. The molecule has 2 aromatic carbocycles. The second-order valence-electron chi connectivity index (χ2n) is 6.04. The molecule has 0 saturated carbocycles. The Morgan fingerprint density at radius 2 is 1.67 bits per heavy atom. The lowest BCUT2D eigenvalue weighted by atomic mass is 9.92. The van der Waals surface area contributed by atoms with Gasteiger partial charge in [-0.1, -0.05) is 67.1 Å². The van der Waals surface area contributed by atoms with Crippen LogP contribution in [0.3, 0.4) is 0 Å². The van der Waals surface area contributed by atoms with E-state index in [0.717, 1.165) is 12.0 Å². The molecular formula is C20H27ClN2O. The number of carbonyl (C=O) groups excluding carboxylic acids is 1. The van der Waals surface area contributed by atoms with Crippen molar-refractivity contribution in [3.05, 3.63) is 71.3 Å². The minimum Gasteiger partial charge on any atom is -0.354 e. The van der Waals surface area contributed by atoms with Gasteiger partial charge in [0.15, 0.2) is 0 Å². The van der Waals surface area contributed by atoms with E-state index >= 15 is 0 Å². The molecule has 0 aromatic heterocycles. The molecule has 2 aromatic rings. The van der Waals surface area contributed by atoms with Gasteiger partial charge in [-0.25, -0.2) is 0 Å². The van der Waals surface area contributed by atoms with Crippen LogP contribution in [0.5, 0.6) is 0 Å². The third kappa shape index (κ3) is 5.99. The van der Waals surface area contributed by atoms with Crippen molar-refractivity contribution < 1.29 is 4.79 Å². The fourth-order valence-corrected chi connectivity index (χ4v) is 2.67. The van der Waals surface area contributed by atoms with Gasteiger partial charge in [0.2, 0.25) is 5.91 Å². The highest BCUT2D eigenvalue weighted by atomic mass is 35.5. The number of amides is 1. The number of hydrogen-bond donors (Lipinski definition) is 2. The predicted octanol–water partition coefficient (Wildman–Crippen LogP) is 4.12. The Hall–Kier alpha value is -1.84. The van der Waals surface area contributed by atoms with Crippen LogP contribution < -0.4 is 11.1 Å². The molecule has 2 atom stereocenters. The first-order chi connectivity index (χ1) is 11.1. The van der Waals surface area contributed by atoms with Crippen molar-refractivity contribution in [1.82, 2.24) is 5.32 Å². The average molecular weight is 347 g/mol. The Kier molecular flexibility index (Phi) is 8.51. The molecule has 3 nitrogen and oxygen atoms in total. The fraction of sp³-hybridized carbons (Fsp3) is 0.350. The Morgan fingerprint density at radius 3 is 2.25 bits per heavy atom. The normalized spacial score (nSPS) is 12.8. The van der Waals surface area contributed by atoms with Crippen molar-refractivity contribution in [2.24, 2.45) is 5.73 Å². The van der Waals surface area contributed by atoms with Crippen molar-refractivity contribution in [3.63, 3.8) is 0 Å². The number of halogens is 1. The molecule has 2 rings (SSSR count). The summed E-state index contributed by atoms with van der Waals surface area (Å²) in [5.41, 5.74) is 9.62. The largest absolute Gasteiger partial charge is 0.354 e. The monoisotopic (exact) mass is 346 g/mol. The lowest BCUT2D eigenvalue weighted by molar-refractivity contribution is -0.121. The standard InChI is InChI=1S/C20H26N2O.ClH/c1-3-16(17-11-9-15(2)10-12-17)13-20(23)22-14-19(21)18-7-5-4-6-8-18;/h4-12,16,19H,3,13-14,21H2,1-2H3,(H,22,23);1H. The molecule has 130 valence electrons. The first-order valence-corrected chi connectivity index (χ1v) is 8.24. The molecule has 0 aliphatic rings. The highest BCUT2D eigenvalue weighted by molar-refractivity contribution is 5.85. The summed E-state index contributed by atoms with van der Waals surface area (Å²) in [6, 6.07) is 18.1. The topological polar surface area (TPSA) is 55.1 Å². The second kappa shape index (κ2) is 10.1. The Labute approximate surface area is 151 Å². The van der Waals surface area contributed by atoms with Crippen LogP contribution in [0.25, 0.3) is 0 Å². The number of nitrogens with two attached hydrogens (primary N) is 1. The number of nitrogens with one attached hydrogen (secondary N) is 1. The van der Waals surface area contributed by atoms with Crippen LogP contribution in [-0.2, 0) is 4.79 Å². The molecule has 2 unspecified atom stereocenters. The van der Waals surface area contributed by atoms with E-state index in [0.29, 0.717) is 13.0 Å². The number of benzene rings is 2. The van der Waals surface area contributed by atoms with E-state index in [-0.39, 0.29) is 30.3 Å². The second-order valence-corrected chi connectivity index (χ2v) is 6.04. The van der Waals surface area contributed by atoms with Crippen LogP contribution in [-0.4, -0.2) is 12.5 Å². The fourth-order valence-electron chi connectivity index (χ4n) is 2.67. The third-order valence-corrected chi connectivity index (χ3v) is 4.22. The Morgan fingerprint density at radius 1 is 1.04 bits per heavy atom. The van der Waals surface area contributed by atoms with Gasteiger partial charge in [0.1, 0.15) is 0 Å². The van der Waals surface area contributed by atoms with Gasteiger partial charge in [0, 0.05) is 19.0 Å². The van der Waals surface area contributed by atoms with Crippen LogP contribution in [0.2, 0.25) is 0 Å². The molecule has 0 bridgehead atoms. The molecule has 4 heteroatoms. The van der Waals surface area contributed by atoms with E-state index in [1.54, 1.807) is 0 Å². The Bertz CT molecular complexity index is 613. The van der Waals surface area contributed by atoms with E-state index < -0.39 is 0 Å². The number of carbonyl (C=O) groups is 1. The SMILES string of the molecule is CCC(CC(=O)NCC(N)c1ccccc1)c1ccc(C)cc1.Cl. The van der Waals surface area contributed by atoms with Gasteiger partial charge in [0.25, 0.3) is 0 Å². The van der Waals surface area contributed by atoms with E-state index in [1.807, 2.05) is 30.3 Å². The molecule has 3 N–H and O–H groups in total. The van der Waals surface area contributed by atoms with Gasteiger partial charge in [-0.15, -0.1) is 12.4 Å². The lowest BCUT2D eigenvalue weighted by Gasteiger charge is -2.17. The summed E-state index contributed by atoms with van der Waals surface area (Å²) in [6.07, 6.45) is 1.45. The van der Waals surface area contributed by atoms with Crippen molar-refractivity contribution in [1.29, 1.82) is 0 Å². The van der Waals surface area contributed by atoms with Gasteiger partial charge in [-0.3, -0.25) is 4.79 Å². The van der Waals surface area contributed by atoms with Crippen LogP contribution in [0, 0.1) is 6.92 Å². The maximum Gasteiger partial charge on any atom is 0.220 e. The molecule has 0 aliphatic heterocycles. The van der Waals surface area contributed by atoms with Crippen molar-refractivity contribution in [2.75, 3.05) is 6.54 Å². The van der Waals surface area contributed by atoms with E-state index in [9.17, 15) is 4.79 Å². The van der Waals surface area contributed by atoms with Crippen LogP contribution in [0.15, 0.2) is 54.6 Å². The molecule has 0 heterocycles. The maximum absolute atomic E-state index is 12.2. The summed E-state index contributed by atoms with van der Waals surface area (Å²) in [5.74, 6) is 0.312. The smallest absolute Gasteiger partial charge is 0.220 e. The first kappa shape index (κ1) is 20.2. The zero-order valence-electron chi connectivity index (χ0n) is 14.4. The summed E-state index contributed by atoms with van der Waals surface area (Å²) in [7, 11) is 0. The zero-order chi connectivity index (χ0) is 16.7. The lowest BCUT2D eigenvalue weighted by Crippen LogP contribution is -2.32. The minimum absolute atomic E-state index is 0. The summed E-state index contributed by atoms with van der Waals surface area (Å²) in [4.78, 5) is 12.2. The highest BCUT2D eigenvalue weighted by Crippen LogP contribution is 2.23. The molecular weight excluding hydrogens is 320 g/mol. The predicted molar refractivity (Wildman–Crippen MR) is 102 cm³/mol. The van der Waals surface area contributed by atoms with Crippen LogP contribution in [0.1, 0.15) is 48.4 Å². The van der Waals surface area contributed by atoms with Gasteiger partial charge in [-0.05, 0) is 30.4 Å². The molecule has 0 spiro atoms. The number of rotatable bonds is 7. The van der Waals surface area contributed by atoms with Crippen molar-refractivity contribution >= 4 is 18.3 Å². The molecule has 24 heavy (non-hydrogen) atoms. The van der Waals surface area contributed by atoms with Crippen molar-refractivity contribution in [2.45, 2.75) is 38.6 Å². The molecule has 0 fully saturated rings. The molecule has 0 radical (unpaired) electrons. The van der Waals surface area contributed by atoms with Gasteiger partial charge >= 0.3 is 0 Å². The van der Waals surface area contributed by atoms with Gasteiger partial charge in [0.05, 0.1) is 0 Å². The van der Waals surface area contributed by atoms with E-state index in [1.165, 1.54) is 11.1 Å². The van der Waals surface area contributed by atoms with Gasteiger partial charge in [-0.2, -0.15) is 0 Å². The number of hydrogen-bond acceptors (Lipinski definition) is 2. The maximum atomic E-state index is 12.2. The average Bonchev–Trinajstić information content (AvgIpc) is 2.59. The summed E-state index contributed by atoms with van der Waals surface area (Å²) >= 11 is 0. The minimum atomic E-state index is -0.167. The Balaban J connectivity index is 0.00000288. The zero-order valence-corrected chi connectivity index (χ0v) is 15.2. The number of aryl methyl sites for hydroxylation is 1. The van der Waals surface area contributed by atoms with E-state index in [4.69, 9.17) is 5.73 Å². The summed E-state index contributed by atoms with van der Waals surface area (Å²) in [5, 5.41) is 2.96. The molecule has 1 amide bonds. The molecule has 0 saturated heterocycles. The quantitative estimate of drug-likeness (QED) is 0.792. The molecule has 0 aliphatic carbocycles. The van der Waals surface area contributed by atoms with Crippen LogP contribution >= 0.6 is 12.4 Å². The van der Waals surface area contributed by atoms with Crippen LogP contribution in [0.4, 0.5) is 0 Å². The van der Waals surface area contributed by atoms with Gasteiger partial charge < -0.3 is 11.1 Å². The summed E-state index contributed by atoms with van der Waals surface area (Å²) < 4.78 is 0. The summed E-state index contributed by atoms with van der Waals surface area (Å²) in [6.45, 7) is 4.66.